The van der Waals surface area contributed by atoms with E-state index in [4.69, 9.17) is 0 Å². The Morgan fingerprint density at radius 1 is 1.43 bits per heavy atom. The van der Waals surface area contributed by atoms with Crippen LogP contribution in [0.15, 0.2) is 37.1 Å². The van der Waals surface area contributed by atoms with Gasteiger partial charge in [0.05, 0.1) is 12.0 Å². The summed E-state index contributed by atoms with van der Waals surface area (Å²) in [5, 5.41) is 0. The monoisotopic (exact) mass is 186 g/mol. The third-order valence-electron chi connectivity index (χ3n) is 2.01. The minimum absolute atomic E-state index is 0.878. The van der Waals surface area contributed by atoms with Gasteiger partial charge in [-0.2, -0.15) is 0 Å². The van der Waals surface area contributed by atoms with Crippen LogP contribution in [-0.2, 0) is 6.54 Å². The van der Waals surface area contributed by atoms with E-state index in [-0.39, 0.29) is 0 Å². The summed E-state index contributed by atoms with van der Waals surface area (Å²) < 4.78 is 2.04. The Kier molecular flexibility index (Phi) is 2.58. The van der Waals surface area contributed by atoms with Crippen molar-refractivity contribution >= 4 is 0 Å². The number of rotatable bonds is 3. The van der Waals surface area contributed by atoms with Crippen LogP contribution in [-0.4, -0.2) is 14.5 Å². The van der Waals surface area contributed by atoms with Crippen molar-refractivity contribution < 1.29 is 0 Å². The van der Waals surface area contributed by atoms with Crippen molar-refractivity contribution in [1.82, 2.24) is 14.5 Å². The highest BCUT2D eigenvalue weighted by molar-refractivity contribution is 5.56. The van der Waals surface area contributed by atoms with E-state index in [1.807, 2.05) is 35.4 Å². The van der Waals surface area contributed by atoms with Gasteiger partial charge >= 0.3 is 0 Å². The van der Waals surface area contributed by atoms with E-state index in [0.717, 1.165) is 24.2 Å². The molecule has 0 aliphatic rings. The third kappa shape index (κ3) is 1.82. The van der Waals surface area contributed by atoms with Gasteiger partial charge in [-0.25, -0.2) is 4.98 Å². The summed E-state index contributed by atoms with van der Waals surface area (Å²) in [6.07, 6.45) is 8.30. The maximum Gasteiger partial charge on any atom is 0.0953 e. The summed E-state index contributed by atoms with van der Waals surface area (Å²) in [5.74, 6) is 0. The number of aryl methyl sites for hydroxylation is 1. The van der Waals surface area contributed by atoms with Crippen LogP contribution in [0.2, 0.25) is 0 Å². The van der Waals surface area contributed by atoms with Crippen LogP contribution in [0.3, 0.4) is 0 Å². The first-order chi connectivity index (χ1) is 6.90. The summed E-state index contributed by atoms with van der Waals surface area (Å²) >= 11 is 0. The first-order valence-corrected chi connectivity index (χ1v) is 4.61. The zero-order valence-electron chi connectivity index (χ0n) is 7.93. The molecule has 2 rings (SSSR count). The second kappa shape index (κ2) is 4.05. The molecule has 14 heavy (non-hydrogen) atoms. The molecule has 3 nitrogen and oxygen atoms in total. The number of aromatic nitrogens is 3. The number of nitrogens with zero attached hydrogens (tertiary/aromatic N) is 3. The summed E-state index contributed by atoms with van der Waals surface area (Å²) in [5.41, 5.74) is 2.02. The van der Waals surface area contributed by atoms with Crippen LogP contribution in [0.5, 0.6) is 0 Å². The van der Waals surface area contributed by atoms with E-state index in [9.17, 15) is 0 Å². The highest BCUT2D eigenvalue weighted by Crippen LogP contribution is 2.14. The summed E-state index contributed by atoms with van der Waals surface area (Å²) in [6.45, 7) is 4.71. The second-order valence-corrected chi connectivity index (χ2v) is 3.09. The topological polar surface area (TPSA) is 30.7 Å². The van der Waals surface area contributed by atoms with Crippen molar-refractivity contribution in [1.29, 1.82) is 0 Å². The number of imidazole rings is 1. The molecule has 0 aliphatic heterocycles. The van der Waals surface area contributed by atoms with Gasteiger partial charge in [-0.3, -0.25) is 4.98 Å². The Hall–Kier alpha value is -1.64. The van der Waals surface area contributed by atoms with Crippen LogP contribution in [0.4, 0.5) is 0 Å². The fraction of sp³-hybridized carbons (Fsp3) is 0.182. The van der Waals surface area contributed by atoms with Gasteiger partial charge in [0.15, 0.2) is 0 Å². The Bertz CT molecular complexity index is 392. The Morgan fingerprint density at radius 2 is 2.36 bits per heavy atom. The van der Waals surface area contributed by atoms with Gasteiger partial charge in [0.2, 0.25) is 0 Å². The lowest BCUT2D eigenvalue weighted by Crippen LogP contribution is -1.90. The minimum Gasteiger partial charge on any atom is -0.337 e. The van der Waals surface area contributed by atoms with Crippen molar-refractivity contribution in [2.45, 2.75) is 13.0 Å². The predicted molar refractivity (Wildman–Crippen MR) is 55.4 cm³/mol. The van der Waals surface area contributed by atoms with Crippen LogP contribution < -0.4 is 0 Å². The van der Waals surface area contributed by atoms with Gasteiger partial charge in [-0.1, -0.05) is 6.92 Å². The van der Waals surface area contributed by atoms with Crippen molar-refractivity contribution in [3.8, 4) is 11.3 Å². The van der Waals surface area contributed by atoms with Gasteiger partial charge in [0, 0.05) is 30.7 Å². The molecule has 0 N–H and O–H groups in total. The molecule has 2 aromatic heterocycles. The lowest BCUT2D eigenvalue weighted by molar-refractivity contribution is 0.707. The molecule has 0 atom stereocenters. The Morgan fingerprint density at radius 3 is 3.07 bits per heavy atom. The molecule has 0 bridgehead atoms. The van der Waals surface area contributed by atoms with Crippen LogP contribution in [0.25, 0.3) is 11.3 Å². The zero-order valence-corrected chi connectivity index (χ0v) is 7.93. The van der Waals surface area contributed by atoms with Crippen molar-refractivity contribution in [2.24, 2.45) is 0 Å². The molecule has 3 heteroatoms. The molecule has 0 saturated heterocycles. The van der Waals surface area contributed by atoms with Crippen molar-refractivity contribution in [3.63, 3.8) is 0 Å². The molecule has 2 aromatic rings. The average molecular weight is 186 g/mol. The van der Waals surface area contributed by atoms with Gasteiger partial charge in [0.25, 0.3) is 0 Å². The van der Waals surface area contributed by atoms with Crippen LogP contribution in [0.1, 0.15) is 6.42 Å². The summed E-state index contributed by atoms with van der Waals surface area (Å²) in [7, 11) is 0. The second-order valence-electron chi connectivity index (χ2n) is 3.09. The molecule has 0 fully saturated rings. The minimum atomic E-state index is 0.878. The molecule has 71 valence electrons. The van der Waals surface area contributed by atoms with Gasteiger partial charge in [-0.05, 0) is 18.6 Å². The smallest absolute Gasteiger partial charge is 0.0953 e. The van der Waals surface area contributed by atoms with Crippen LogP contribution in [0, 0.1) is 6.92 Å². The Labute approximate surface area is 83.4 Å². The molecular weight excluding hydrogens is 174 g/mol. The first-order valence-electron chi connectivity index (χ1n) is 4.61. The van der Waals surface area contributed by atoms with E-state index in [0.29, 0.717) is 0 Å². The van der Waals surface area contributed by atoms with Crippen LogP contribution >= 0.6 is 0 Å². The SMILES string of the molecule is [CH2]CCn1cnc(-c2cccnc2)c1. The summed E-state index contributed by atoms with van der Waals surface area (Å²) in [4.78, 5) is 8.35. The summed E-state index contributed by atoms with van der Waals surface area (Å²) in [6, 6.07) is 3.92. The number of pyridine rings is 1. The average Bonchev–Trinajstić information content (AvgIpc) is 2.68. The molecule has 0 aliphatic carbocycles. The zero-order chi connectivity index (χ0) is 9.80. The molecule has 0 saturated carbocycles. The Balaban J connectivity index is 2.25. The number of hydrogen-bond donors (Lipinski definition) is 0. The largest absolute Gasteiger partial charge is 0.337 e. The van der Waals surface area contributed by atoms with E-state index in [1.54, 1.807) is 6.20 Å². The first kappa shape index (κ1) is 8.94. The fourth-order valence-electron chi connectivity index (χ4n) is 1.33. The van der Waals surface area contributed by atoms with E-state index >= 15 is 0 Å². The van der Waals surface area contributed by atoms with E-state index < -0.39 is 0 Å². The highest BCUT2D eigenvalue weighted by atomic mass is 15.0. The quantitative estimate of drug-likeness (QED) is 0.735. The van der Waals surface area contributed by atoms with Crippen molar-refractivity contribution in [3.05, 3.63) is 44.0 Å². The lowest BCUT2D eigenvalue weighted by atomic mass is 10.2. The van der Waals surface area contributed by atoms with Crippen molar-refractivity contribution in [2.75, 3.05) is 0 Å². The fourth-order valence-corrected chi connectivity index (χ4v) is 1.33. The van der Waals surface area contributed by atoms with Gasteiger partial charge in [-0.15, -0.1) is 0 Å². The van der Waals surface area contributed by atoms with Gasteiger partial charge in [0.1, 0.15) is 0 Å². The predicted octanol–water partition coefficient (Wildman–Crippen LogP) is 2.17. The molecule has 0 amide bonds. The molecule has 1 radical (unpaired) electrons. The number of hydrogen-bond acceptors (Lipinski definition) is 2. The maximum atomic E-state index is 4.30. The highest BCUT2D eigenvalue weighted by Gasteiger charge is 2.00. The van der Waals surface area contributed by atoms with Gasteiger partial charge < -0.3 is 4.57 Å². The molecule has 0 spiro atoms. The van der Waals surface area contributed by atoms with E-state index in [2.05, 4.69) is 16.9 Å². The lowest BCUT2D eigenvalue weighted by Gasteiger charge is -1.96. The maximum absolute atomic E-state index is 4.30. The van der Waals surface area contributed by atoms with E-state index in [1.165, 1.54) is 0 Å². The molecular formula is C11H12N3. The molecule has 0 aromatic carbocycles. The third-order valence-corrected chi connectivity index (χ3v) is 2.01. The normalized spacial score (nSPS) is 10.4. The molecule has 0 unspecified atom stereocenters. The standard InChI is InChI=1S/C11H12N3/c1-2-6-14-8-11(13-9-14)10-4-3-5-12-7-10/h3-5,7-9H,1-2,6H2. The molecule has 2 heterocycles.